The van der Waals surface area contributed by atoms with Gasteiger partial charge in [-0.15, -0.1) is 0 Å². The molecule has 3 heteroatoms. The van der Waals surface area contributed by atoms with Crippen LogP contribution >= 0.6 is 15.9 Å². The molecule has 1 aromatic rings. The standard InChI is InChI=1S/C15H21BrFN/c1-15(8-4-3-5-9-15)14(18-2)11-6-7-13(17)12(16)10-11/h6-7,10,14,18H,3-5,8-9H2,1-2H3. The maximum absolute atomic E-state index is 13.3. The molecule has 0 heterocycles. The van der Waals surface area contributed by atoms with Gasteiger partial charge in [0.15, 0.2) is 0 Å². The van der Waals surface area contributed by atoms with Gasteiger partial charge in [-0.1, -0.05) is 32.3 Å². The summed E-state index contributed by atoms with van der Waals surface area (Å²) in [5.41, 5.74) is 1.46. The van der Waals surface area contributed by atoms with Crippen molar-refractivity contribution in [3.63, 3.8) is 0 Å². The highest BCUT2D eigenvalue weighted by molar-refractivity contribution is 9.10. The van der Waals surface area contributed by atoms with E-state index in [1.165, 1.54) is 37.7 Å². The summed E-state index contributed by atoms with van der Waals surface area (Å²) in [5.74, 6) is -0.192. The maximum Gasteiger partial charge on any atom is 0.137 e. The summed E-state index contributed by atoms with van der Waals surface area (Å²) < 4.78 is 13.9. The minimum atomic E-state index is -0.192. The van der Waals surface area contributed by atoms with Crippen molar-refractivity contribution < 1.29 is 4.39 Å². The Morgan fingerprint density at radius 3 is 2.50 bits per heavy atom. The van der Waals surface area contributed by atoms with Crippen LogP contribution in [0.3, 0.4) is 0 Å². The fraction of sp³-hybridized carbons (Fsp3) is 0.600. The summed E-state index contributed by atoms with van der Waals surface area (Å²) >= 11 is 3.28. The van der Waals surface area contributed by atoms with Crippen LogP contribution in [0.1, 0.15) is 50.6 Å². The average Bonchev–Trinajstić information content (AvgIpc) is 2.35. The second-order valence-electron chi connectivity index (χ2n) is 5.61. The second-order valence-corrected chi connectivity index (χ2v) is 6.46. The molecule has 1 unspecified atom stereocenters. The van der Waals surface area contributed by atoms with E-state index in [1.807, 2.05) is 19.2 Å². The molecule has 0 bridgehead atoms. The van der Waals surface area contributed by atoms with Crippen LogP contribution < -0.4 is 5.32 Å². The van der Waals surface area contributed by atoms with Crippen molar-refractivity contribution in [2.24, 2.45) is 5.41 Å². The highest BCUT2D eigenvalue weighted by atomic mass is 79.9. The van der Waals surface area contributed by atoms with E-state index in [9.17, 15) is 4.39 Å². The van der Waals surface area contributed by atoms with Crippen LogP contribution in [0.25, 0.3) is 0 Å². The summed E-state index contributed by atoms with van der Waals surface area (Å²) in [6, 6.07) is 5.67. The molecule has 0 aliphatic heterocycles. The largest absolute Gasteiger partial charge is 0.313 e. The van der Waals surface area contributed by atoms with Crippen LogP contribution in [-0.4, -0.2) is 7.05 Å². The first-order valence-electron chi connectivity index (χ1n) is 6.69. The third kappa shape index (κ3) is 2.77. The van der Waals surface area contributed by atoms with Crippen molar-refractivity contribution in [2.45, 2.75) is 45.1 Å². The van der Waals surface area contributed by atoms with E-state index in [-0.39, 0.29) is 11.2 Å². The van der Waals surface area contributed by atoms with E-state index in [2.05, 4.69) is 28.2 Å². The Balaban J connectivity index is 2.29. The summed E-state index contributed by atoms with van der Waals surface area (Å²) in [7, 11) is 2.00. The van der Waals surface area contributed by atoms with Gasteiger partial charge in [0.05, 0.1) is 4.47 Å². The minimum Gasteiger partial charge on any atom is -0.313 e. The van der Waals surface area contributed by atoms with Crippen molar-refractivity contribution in [1.29, 1.82) is 0 Å². The van der Waals surface area contributed by atoms with Crippen LogP contribution in [0.15, 0.2) is 22.7 Å². The summed E-state index contributed by atoms with van der Waals surface area (Å²) in [4.78, 5) is 0. The van der Waals surface area contributed by atoms with Crippen molar-refractivity contribution in [3.8, 4) is 0 Å². The molecule has 1 saturated carbocycles. The maximum atomic E-state index is 13.3. The highest BCUT2D eigenvalue weighted by Crippen LogP contribution is 2.45. The summed E-state index contributed by atoms with van der Waals surface area (Å²) in [6.07, 6.45) is 6.44. The van der Waals surface area contributed by atoms with Gasteiger partial charge in [-0.2, -0.15) is 0 Å². The minimum absolute atomic E-state index is 0.192. The molecule has 0 radical (unpaired) electrons. The van der Waals surface area contributed by atoms with Crippen LogP contribution in [0.5, 0.6) is 0 Å². The number of rotatable bonds is 3. The summed E-state index contributed by atoms with van der Waals surface area (Å²) in [6.45, 7) is 2.35. The predicted molar refractivity (Wildman–Crippen MR) is 77.1 cm³/mol. The third-order valence-electron chi connectivity index (χ3n) is 4.26. The molecule has 2 rings (SSSR count). The van der Waals surface area contributed by atoms with Crippen molar-refractivity contribution in [3.05, 3.63) is 34.1 Å². The molecule has 0 amide bonds. The first kappa shape index (κ1) is 14.0. The molecule has 1 aromatic carbocycles. The van der Waals surface area contributed by atoms with Crippen LogP contribution in [0.2, 0.25) is 0 Å². The Kier molecular flexibility index (Phi) is 4.44. The Morgan fingerprint density at radius 1 is 1.28 bits per heavy atom. The van der Waals surface area contributed by atoms with Gasteiger partial charge in [0.1, 0.15) is 5.82 Å². The third-order valence-corrected chi connectivity index (χ3v) is 4.87. The fourth-order valence-electron chi connectivity index (χ4n) is 3.26. The Bertz CT molecular complexity index is 413. The van der Waals surface area contributed by atoms with E-state index in [0.717, 1.165) is 0 Å². The van der Waals surface area contributed by atoms with Gasteiger partial charge in [-0.05, 0) is 58.9 Å². The Morgan fingerprint density at radius 2 is 1.94 bits per heavy atom. The van der Waals surface area contributed by atoms with Gasteiger partial charge in [0, 0.05) is 6.04 Å². The number of hydrogen-bond acceptors (Lipinski definition) is 1. The lowest BCUT2D eigenvalue weighted by atomic mass is 9.68. The predicted octanol–water partition coefficient (Wildman–Crippen LogP) is 4.82. The van der Waals surface area contributed by atoms with E-state index < -0.39 is 0 Å². The van der Waals surface area contributed by atoms with Gasteiger partial charge >= 0.3 is 0 Å². The Labute approximate surface area is 117 Å². The number of benzene rings is 1. The molecular formula is C15H21BrFN. The lowest BCUT2D eigenvalue weighted by Crippen LogP contribution is -2.36. The molecule has 1 aliphatic rings. The zero-order valence-electron chi connectivity index (χ0n) is 11.1. The van der Waals surface area contributed by atoms with Crippen molar-refractivity contribution in [2.75, 3.05) is 7.05 Å². The number of nitrogens with one attached hydrogen (secondary N) is 1. The quantitative estimate of drug-likeness (QED) is 0.843. The molecule has 1 N–H and O–H groups in total. The van der Waals surface area contributed by atoms with Gasteiger partial charge in [0.2, 0.25) is 0 Å². The number of hydrogen-bond donors (Lipinski definition) is 1. The molecule has 0 spiro atoms. The van der Waals surface area contributed by atoms with E-state index >= 15 is 0 Å². The van der Waals surface area contributed by atoms with Crippen molar-refractivity contribution in [1.82, 2.24) is 5.32 Å². The number of halogens is 2. The zero-order valence-corrected chi connectivity index (χ0v) is 12.7. The molecule has 100 valence electrons. The first-order chi connectivity index (χ1) is 8.57. The highest BCUT2D eigenvalue weighted by Gasteiger charge is 2.35. The molecule has 1 nitrogen and oxygen atoms in total. The van der Waals surface area contributed by atoms with Crippen LogP contribution in [0, 0.1) is 11.2 Å². The fourth-order valence-corrected chi connectivity index (χ4v) is 3.65. The monoisotopic (exact) mass is 313 g/mol. The lowest BCUT2D eigenvalue weighted by molar-refractivity contribution is 0.150. The molecular weight excluding hydrogens is 293 g/mol. The van der Waals surface area contributed by atoms with Gasteiger partial charge < -0.3 is 5.32 Å². The SMILES string of the molecule is CNC(c1ccc(F)c(Br)c1)C1(C)CCCCC1. The second kappa shape index (κ2) is 5.70. The molecule has 0 saturated heterocycles. The van der Waals surface area contributed by atoms with Gasteiger partial charge in [-0.25, -0.2) is 4.39 Å². The molecule has 0 aromatic heterocycles. The van der Waals surface area contributed by atoms with E-state index in [0.29, 0.717) is 10.5 Å². The van der Waals surface area contributed by atoms with Gasteiger partial charge in [-0.3, -0.25) is 0 Å². The summed E-state index contributed by atoms with van der Waals surface area (Å²) in [5, 5.41) is 3.43. The van der Waals surface area contributed by atoms with E-state index in [4.69, 9.17) is 0 Å². The average molecular weight is 314 g/mol. The Hall–Kier alpha value is -0.410. The van der Waals surface area contributed by atoms with Crippen molar-refractivity contribution >= 4 is 15.9 Å². The molecule has 1 fully saturated rings. The topological polar surface area (TPSA) is 12.0 Å². The van der Waals surface area contributed by atoms with E-state index in [1.54, 1.807) is 6.07 Å². The zero-order chi connectivity index (χ0) is 13.2. The molecule has 1 atom stereocenters. The molecule has 1 aliphatic carbocycles. The first-order valence-corrected chi connectivity index (χ1v) is 7.48. The normalized spacial score (nSPS) is 20.7. The van der Waals surface area contributed by atoms with Crippen LogP contribution in [0.4, 0.5) is 4.39 Å². The van der Waals surface area contributed by atoms with Gasteiger partial charge in [0.25, 0.3) is 0 Å². The molecule has 18 heavy (non-hydrogen) atoms. The smallest absolute Gasteiger partial charge is 0.137 e. The van der Waals surface area contributed by atoms with Crippen LogP contribution in [-0.2, 0) is 0 Å². The lowest BCUT2D eigenvalue weighted by Gasteiger charge is -2.41.